The smallest absolute Gasteiger partial charge is 0.472 e. The minimum absolute atomic E-state index is 0.170. The van der Waals surface area contributed by atoms with E-state index < -0.39 is 51.1 Å². The number of carboxylic acid groups (broad SMARTS) is 1. The summed E-state index contributed by atoms with van der Waals surface area (Å²) >= 11 is 0. The molecule has 0 amide bonds. The lowest BCUT2D eigenvalue weighted by Gasteiger charge is -2.20. The third-order valence-electron chi connectivity index (χ3n) is 11.6. The normalized spacial score (nSPS) is 13.5. The highest BCUT2D eigenvalue weighted by atomic mass is 31.2. The van der Waals surface area contributed by atoms with Crippen LogP contribution >= 0.6 is 7.82 Å². The number of nitrogens with two attached hydrogens (primary N) is 1. The molecule has 0 heterocycles. The Morgan fingerprint density at radius 1 is 0.443 bits per heavy atom. The van der Waals surface area contributed by atoms with Crippen LogP contribution in [0.1, 0.15) is 264 Å². The van der Waals surface area contributed by atoms with E-state index in [4.69, 9.17) is 24.8 Å². The summed E-state index contributed by atoms with van der Waals surface area (Å²) in [6.07, 6.45) is 45.9. The van der Waals surface area contributed by atoms with Crippen molar-refractivity contribution in [3.63, 3.8) is 0 Å². The molecule has 3 atom stereocenters. The van der Waals surface area contributed by atoms with E-state index in [-0.39, 0.29) is 19.4 Å². The zero-order chi connectivity index (χ0) is 44.9. The number of carboxylic acids is 1. The van der Waals surface area contributed by atoms with Gasteiger partial charge in [-0.3, -0.25) is 23.4 Å². The number of aliphatic carboxylic acids is 1. The molecule has 0 saturated carbocycles. The maximum Gasteiger partial charge on any atom is 0.472 e. The van der Waals surface area contributed by atoms with Gasteiger partial charge in [0.05, 0.1) is 13.2 Å². The fourth-order valence-electron chi connectivity index (χ4n) is 7.60. The van der Waals surface area contributed by atoms with E-state index in [9.17, 15) is 23.8 Å². The summed E-state index contributed by atoms with van der Waals surface area (Å²) < 4.78 is 32.8. The van der Waals surface area contributed by atoms with Gasteiger partial charge in [0.2, 0.25) is 0 Å². The van der Waals surface area contributed by atoms with Gasteiger partial charge in [-0.05, 0) is 12.8 Å². The molecule has 0 aliphatic heterocycles. The Balaban J connectivity index is 4.19. The van der Waals surface area contributed by atoms with E-state index in [1.54, 1.807) is 0 Å². The number of hydrogen-bond acceptors (Lipinski definition) is 9. The molecule has 0 aromatic heterocycles. The van der Waals surface area contributed by atoms with Crippen molar-refractivity contribution in [2.75, 3.05) is 19.8 Å². The number of rotatable bonds is 49. The molecule has 0 aromatic carbocycles. The third kappa shape index (κ3) is 44.9. The second-order valence-electron chi connectivity index (χ2n) is 17.7. The predicted octanol–water partition coefficient (Wildman–Crippen LogP) is 14.2. The number of carbonyl (C=O) groups excluding carboxylic acids is 2. The van der Waals surface area contributed by atoms with Gasteiger partial charge in [0, 0.05) is 12.8 Å². The first kappa shape index (κ1) is 59.5. The van der Waals surface area contributed by atoms with E-state index in [1.165, 1.54) is 186 Å². The Hall–Kier alpha value is -1.52. The molecular weight excluding hydrogens is 794 g/mol. The van der Waals surface area contributed by atoms with Crippen LogP contribution in [-0.4, -0.2) is 59.9 Å². The SMILES string of the molecule is CCCCCCCCCCCCCCCCCCCCCCCC(=O)OC(COC(=O)CCCCCCCCCCCCCCCCCC)COP(=O)(O)OCC(N)C(=O)O. The van der Waals surface area contributed by atoms with Crippen LogP contribution in [0.5, 0.6) is 0 Å². The lowest BCUT2D eigenvalue weighted by molar-refractivity contribution is -0.161. The average molecular weight is 890 g/mol. The fourth-order valence-corrected chi connectivity index (χ4v) is 8.38. The Kier molecular flexibility index (Phi) is 43.9. The number of carbonyl (C=O) groups is 3. The summed E-state index contributed by atoms with van der Waals surface area (Å²) in [7, 11) is -4.71. The Morgan fingerprint density at radius 2 is 0.721 bits per heavy atom. The molecule has 61 heavy (non-hydrogen) atoms. The molecule has 0 aliphatic rings. The third-order valence-corrected chi connectivity index (χ3v) is 12.6. The first-order valence-corrected chi connectivity index (χ1v) is 27.1. The molecule has 11 nitrogen and oxygen atoms in total. The lowest BCUT2D eigenvalue weighted by Crippen LogP contribution is -2.34. The standard InChI is InChI=1S/C49H96NO10P/c1-3-5-7-9-11-13-15-17-19-21-22-23-24-25-27-29-31-33-35-37-39-41-48(52)60-45(43-58-61(55,56)59-44-46(50)49(53)54)42-57-47(51)40-38-36-34-32-30-28-26-20-18-16-14-12-10-8-6-4-2/h45-46H,3-44,50H2,1-2H3,(H,53,54)(H,55,56). The van der Waals surface area contributed by atoms with Gasteiger partial charge in [0.15, 0.2) is 6.10 Å². The second-order valence-corrected chi connectivity index (χ2v) is 19.1. The first-order chi connectivity index (χ1) is 29.6. The molecule has 3 unspecified atom stereocenters. The van der Waals surface area contributed by atoms with Crippen molar-refractivity contribution in [1.29, 1.82) is 0 Å². The number of hydrogen-bond donors (Lipinski definition) is 3. The van der Waals surface area contributed by atoms with Gasteiger partial charge in [-0.2, -0.15) is 0 Å². The molecule has 0 rings (SSSR count). The zero-order valence-electron chi connectivity index (χ0n) is 39.5. The van der Waals surface area contributed by atoms with Crippen LogP contribution in [0.15, 0.2) is 0 Å². The van der Waals surface area contributed by atoms with Crippen LogP contribution in [0.25, 0.3) is 0 Å². The molecule has 0 aromatic rings. The highest BCUT2D eigenvalue weighted by Gasteiger charge is 2.28. The average Bonchev–Trinajstić information content (AvgIpc) is 3.24. The number of ether oxygens (including phenoxy) is 2. The predicted molar refractivity (Wildman–Crippen MR) is 250 cm³/mol. The largest absolute Gasteiger partial charge is 0.480 e. The molecule has 0 bridgehead atoms. The summed E-state index contributed by atoms with van der Waals surface area (Å²) in [6, 6.07) is -1.52. The monoisotopic (exact) mass is 890 g/mol. The first-order valence-electron chi connectivity index (χ1n) is 25.6. The lowest BCUT2D eigenvalue weighted by atomic mass is 10.0. The van der Waals surface area contributed by atoms with Crippen molar-refractivity contribution in [3.8, 4) is 0 Å². The van der Waals surface area contributed by atoms with Crippen molar-refractivity contribution in [2.24, 2.45) is 5.73 Å². The van der Waals surface area contributed by atoms with Gasteiger partial charge < -0.3 is 25.2 Å². The molecule has 4 N–H and O–H groups in total. The molecule has 362 valence electrons. The molecule has 0 radical (unpaired) electrons. The second kappa shape index (κ2) is 45.1. The Labute approximate surface area is 374 Å². The number of phosphoric acid groups is 1. The minimum atomic E-state index is -4.71. The summed E-state index contributed by atoms with van der Waals surface area (Å²) in [5, 5.41) is 8.92. The Morgan fingerprint density at radius 3 is 1.03 bits per heavy atom. The maximum atomic E-state index is 12.7. The van der Waals surface area contributed by atoms with Gasteiger partial charge in [-0.1, -0.05) is 239 Å². The van der Waals surface area contributed by atoms with Crippen molar-refractivity contribution >= 4 is 25.7 Å². The van der Waals surface area contributed by atoms with Crippen LogP contribution in [0, 0.1) is 0 Å². The van der Waals surface area contributed by atoms with Crippen LogP contribution in [-0.2, 0) is 37.5 Å². The minimum Gasteiger partial charge on any atom is -0.480 e. The molecule has 0 aliphatic carbocycles. The topological polar surface area (TPSA) is 172 Å². The number of unbranched alkanes of at least 4 members (excludes halogenated alkanes) is 35. The van der Waals surface area contributed by atoms with Gasteiger partial charge in [0.25, 0.3) is 0 Å². The molecular formula is C49H96NO10P. The van der Waals surface area contributed by atoms with Crippen molar-refractivity contribution in [3.05, 3.63) is 0 Å². The molecule has 0 spiro atoms. The van der Waals surface area contributed by atoms with Gasteiger partial charge in [0.1, 0.15) is 12.6 Å². The van der Waals surface area contributed by atoms with Gasteiger partial charge in [-0.15, -0.1) is 0 Å². The summed E-state index contributed by atoms with van der Waals surface area (Å²) in [5.74, 6) is -2.35. The van der Waals surface area contributed by atoms with Gasteiger partial charge in [-0.25, -0.2) is 4.57 Å². The van der Waals surface area contributed by atoms with Crippen LogP contribution < -0.4 is 5.73 Å². The number of phosphoric ester groups is 1. The highest BCUT2D eigenvalue weighted by Crippen LogP contribution is 2.43. The Bertz CT molecular complexity index is 1050. The van der Waals surface area contributed by atoms with Crippen molar-refractivity contribution in [1.82, 2.24) is 0 Å². The molecule has 0 saturated heterocycles. The van der Waals surface area contributed by atoms with E-state index >= 15 is 0 Å². The van der Waals surface area contributed by atoms with E-state index in [1.807, 2.05) is 0 Å². The van der Waals surface area contributed by atoms with E-state index in [0.29, 0.717) is 12.8 Å². The summed E-state index contributed by atoms with van der Waals surface area (Å²) in [6.45, 7) is 2.87. The van der Waals surface area contributed by atoms with E-state index in [2.05, 4.69) is 18.4 Å². The fraction of sp³-hybridized carbons (Fsp3) is 0.939. The molecule has 0 fully saturated rings. The summed E-state index contributed by atoms with van der Waals surface area (Å²) in [5.41, 5.74) is 5.35. The highest BCUT2D eigenvalue weighted by molar-refractivity contribution is 7.47. The van der Waals surface area contributed by atoms with Gasteiger partial charge >= 0.3 is 25.7 Å². The number of esters is 2. The van der Waals surface area contributed by atoms with Crippen LogP contribution in [0.4, 0.5) is 0 Å². The zero-order valence-corrected chi connectivity index (χ0v) is 40.4. The van der Waals surface area contributed by atoms with Crippen LogP contribution in [0.2, 0.25) is 0 Å². The quantitative estimate of drug-likeness (QED) is 0.0301. The summed E-state index contributed by atoms with van der Waals surface area (Å²) in [4.78, 5) is 46.1. The van der Waals surface area contributed by atoms with Crippen molar-refractivity contribution < 1.29 is 47.5 Å². The molecule has 12 heteroatoms. The van der Waals surface area contributed by atoms with Crippen LogP contribution in [0.3, 0.4) is 0 Å². The van der Waals surface area contributed by atoms with Crippen molar-refractivity contribution in [2.45, 2.75) is 276 Å². The maximum absolute atomic E-state index is 12.7. The van der Waals surface area contributed by atoms with E-state index in [0.717, 1.165) is 38.5 Å².